The molecule has 2 aliphatic rings. The Bertz CT molecular complexity index is 2090. The SMILES string of the molecule is Cc1cc(OCCCC2=C(C(=O)NCc3ccc(C4CCc5ccccc5C4)nc3)Cc3c2cccc3-c2c(C)nn(C)c2C)cc(C)c1Cl. The third-order valence-corrected chi connectivity index (χ3v) is 11.2. The summed E-state index contributed by atoms with van der Waals surface area (Å²) in [6, 6.07) is 23.4. The van der Waals surface area contributed by atoms with Crippen molar-refractivity contribution >= 4 is 23.1 Å². The van der Waals surface area contributed by atoms with E-state index in [2.05, 4.69) is 73.8 Å². The van der Waals surface area contributed by atoms with E-state index in [1.54, 1.807) is 0 Å². The van der Waals surface area contributed by atoms with Crippen molar-refractivity contribution in [3.63, 3.8) is 0 Å². The van der Waals surface area contributed by atoms with Crippen molar-refractivity contribution in [1.82, 2.24) is 20.1 Å². The fourth-order valence-electron chi connectivity index (χ4n) is 7.86. The number of aromatic nitrogens is 3. The highest BCUT2D eigenvalue weighted by Crippen LogP contribution is 2.42. The second-order valence-electron chi connectivity index (χ2n) is 13.9. The summed E-state index contributed by atoms with van der Waals surface area (Å²) in [5, 5.41) is 8.71. The van der Waals surface area contributed by atoms with Crippen LogP contribution in [0.2, 0.25) is 5.02 Å². The maximum absolute atomic E-state index is 14.0. The van der Waals surface area contributed by atoms with Gasteiger partial charge in [0, 0.05) is 59.7 Å². The number of allylic oxidation sites excluding steroid dienone is 1. The molecule has 256 valence electrons. The van der Waals surface area contributed by atoms with Crippen molar-refractivity contribution in [2.45, 2.75) is 78.7 Å². The van der Waals surface area contributed by atoms with Gasteiger partial charge in [-0.3, -0.25) is 14.5 Å². The van der Waals surface area contributed by atoms with Crippen molar-refractivity contribution in [1.29, 1.82) is 0 Å². The minimum atomic E-state index is -0.0281. The van der Waals surface area contributed by atoms with Crippen LogP contribution in [-0.4, -0.2) is 27.3 Å². The van der Waals surface area contributed by atoms with E-state index in [0.717, 1.165) is 104 Å². The van der Waals surface area contributed by atoms with Crippen LogP contribution in [0.1, 0.15) is 81.2 Å². The van der Waals surface area contributed by atoms with Gasteiger partial charge < -0.3 is 10.1 Å². The van der Waals surface area contributed by atoms with E-state index in [4.69, 9.17) is 26.4 Å². The lowest BCUT2D eigenvalue weighted by Gasteiger charge is -2.24. The van der Waals surface area contributed by atoms with Crippen LogP contribution in [0.4, 0.5) is 0 Å². The lowest BCUT2D eigenvalue weighted by molar-refractivity contribution is -0.117. The number of fused-ring (bicyclic) bond motifs is 2. The Labute approximate surface area is 300 Å². The Morgan fingerprint density at radius 3 is 2.46 bits per heavy atom. The molecule has 2 heterocycles. The summed E-state index contributed by atoms with van der Waals surface area (Å²) in [5.74, 6) is 1.22. The highest BCUT2D eigenvalue weighted by Gasteiger charge is 2.29. The van der Waals surface area contributed by atoms with E-state index in [-0.39, 0.29) is 5.91 Å². The molecule has 0 spiro atoms. The minimum Gasteiger partial charge on any atom is -0.494 e. The number of amides is 1. The Kier molecular flexibility index (Phi) is 9.65. The van der Waals surface area contributed by atoms with Gasteiger partial charge >= 0.3 is 0 Å². The van der Waals surface area contributed by atoms with Gasteiger partial charge in [-0.1, -0.05) is 60.1 Å². The quantitative estimate of drug-likeness (QED) is 0.149. The van der Waals surface area contributed by atoms with E-state index in [9.17, 15) is 4.79 Å². The Hall–Kier alpha value is -4.68. The first-order chi connectivity index (χ1) is 24.2. The van der Waals surface area contributed by atoms with E-state index in [1.807, 2.05) is 43.9 Å². The van der Waals surface area contributed by atoms with Gasteiger partial charge in [0.2, 0.25) is 5.91 Å². The highest BCUT2D eigenvalue weighted by atomic mass is 35.5. The summed E-state index contributed by atoms with van der Waals surface area (Å²) < 4.78 is 8.11. The molecular formula is C43H45ClN4O2. The first-order valence-corrected chi connectivity index (χ1v) is 18.1. The number of hydrogen-bond acceptors (Lipinski definition) is 4. The predicted octanol–water partition coefficient (Wildman–Crippen LogP) is 9.13. The molecule has 2 aliphatic carbocycles. The maximum Gasteiger partial charge on any atom is 0.248 e. The lowest BCUT2D eigenvalue weighted by atomic mass is 9.82. The zero-order valence-corrected chi connectivity index (χ0v) is 30.5. The number of aryl methyl sites for hydroxylation is 5. The Balaban J connectivity index is 1.08. The number of nitrogens with one attached hydrogen (secondary N) is 1. The second-order valence-corrected chi connectivity index (χ2v) is 14.3. The fraction of sp³-hybridized carbons (Fsp3) is 0.326. The molecule has 0 saturated heterocycles. The Morgan fingerprint density at radius 1 is 0.980 bits per heavy atom. The normalized spacial score (nSPS) is 15.2. The van der Waals surface area contributed by atoms with Crippen molar-refractivity contribution < 1.29 is 9.53 Å². The average molecular weight is 685 g/mol. The van der Waals surface area contributed by atoms with Crippen LogP contribution in [0, 0.1) is 27.7 Å². The molecule has 0 aliphatic heterocycles. The number of carbonyl (C=O) groups is 1. The van der Waals surface area contributed by atoms with Gasteiger partial charge in [0.05, 0.1) is 12.3 Å². The second kappa shape index (κ2) is 14.3. The number of carbonyl (C=O) groups excluding carboxylic acids is 1. The van der Waals surface area contributed by atoms with Crippen LogP contribution in [0.3, 0.4) is 0 Å². The van der Waals surface area contributed by atoms with Crippen LogP contribution in [0.5, 0.6) is 5.75 Å². The molecule has 5 aromatic rings. The molecule has 1 atom stereocenters. The van der Waals surface area contributed by atoms with E-state index < -0.39 is 0 Å². The third kappa shape index (κ3) is 6.74. The molecule has 2 aromatic heterocycles. The van der Waals surface area contributed by atoms with Gasteiger partial charge in [0.15, 0.2) is 0 Å². The first kappa shape index (κ1) is 33.8. The summed E-state index contributed by atoms with van der Waals surface area (Å²) in [6.07, 6.45) is 7.25. The number of halogens is 1. The van der Waals surface area contributed by atoms with Crippen LogP contribution in [0.15, 0.2) is 78.5 Å². The number of pyridine rings is 1. The minimum absolute atomic E-state index is 0.0281. The van der Waals surface area contributed by atoms with Gasteiger partial charge in [0.1, 0.15) is 5.75 Å². The smallest absolute Gasteiger partial charge is 0.248 e. The molecule has 7 rings (SSSR count). The molecule has 50 heavy (non-hydrogen) atoms. The highest BCUT2D eigenvalue weighted by molar-refractivity contribution is 6.32. The molecular weight excluding hydrogens is 640 g/mol. The lowest BCUT2D eigenvalue weighted by Crippen LogP contribution is -2.25. The van der Waals surface area contributed by atoms with Crippen molar-refractivity contribution in [3.05, 3.63) is 140 Å². The number of benzene rings is 3. The zero-order chi connectivity index (χ0) is 34.9. The predicted molar refractivity (Wildman–Crippen MR) is 202 cm³/mol. The average Bonchev–Trinajstić information content (AvgIpc) is 3.62. The van der Waals surface area contributed by atoms with Gasteiger partial charge in [-0.05, 0) is 128 Å². The van der Waals surface area contributed by atoms with Crippen molar-refractivity contribution in [3.8, 4) is 16.9 Å². The molecule has 1 amide bonds. The number of rotatable bonds is 10. The summed E-state index contributed by atoms with van der Waals surface area (Å²) in [6.45, 7) is 9.13. The van der Waals surface area contributed by atoms with E-state index in [1.165, 1.54) is 16.7 Å². The van der Waals surface area contributed by atoms with Crippen molar-refractivity contribution in [2.24, 2.45) is 7.05 Å². The molecule has 0 radical (unpaired) electrons. The standard InChI is InChI=1S/C43H45ClN4O2/c1-26-20-34(21-27(2)42(26)44)50-19-9-14-36-35-12-8-13-37(41-28(3)47-48(5)29(41)4)38(35)23-39(36)43(49)46-25-30-15-18-40(45-24-30)33-17-16-31-10-6-7-11-32(31)22-33/h6-8,10-13,15,18,20-21,24,33H,9,14,16-17,19,22-23,25H2,1-5H3,(H,46,49). The first-order valence-electron chi connectivity index (χ1n) is 17.7. The van der Waals surface area contributed by atoms with Gasteiger partial charge in [-0.2, -0.15) is 5.10 Å². The fourth-order valence-corrected chi connectivity index (χ4v) is 7.97. The van der Waals surface area contributed by atoms with Crippen LogP contribution in [-0.2, 0) is 37.6 Å². The van der Waals surface area contributed by atoms with Crippen molar-refractivity contribution in [2.75, 3.05) is 6.61 Å². The van der Waals surface area contributed by atoms with Crippen LogP contribution >= 0.6 is 11.6 Å². The molecule has 1 N–H and O–H groups in total. The number of hydrogen-bond donors (Lipinski definition) is 1. The summed E-state index contributed by atoms with van der Waals surface area (Å²) in [5.41, 5.74) is 15.7. The van der Waals surface area contributed by atoms with Gasteiger partial charge in [-0.25, -0.2) is 0 Å². The topological polar surface area (TPSA) is 69.0 Å². The monoisotopic (exact) mass is 684 g/mol. The van der Waals surface area contributed by atoms with E-state index >= 15 is 0 Å². The molecule has 0 bridgehead atoms. The Morgan fingerprint density at radius 2 is 1.74 bits per heavy atom. The zero-order valence-electron chi connectivity index (χ0n) is 29.7. The van der Waals surface area contributed by atoms with Gasteiger partial charge in [-0.15, -0.1) is 0 Å². The van der Waals surface area contributed by atoms with Gasteiger partial charge in [0.25, 0.3) is 0 Å². The number of ether oxygens (including phenoxy) is 1. The molecule has 3 aromatic carbocycles. The third-order valence-electron chi connectivity index (χ3n) is 10.6. The van der Waals surface area contributed by atoms with E-state index in [0.29, 0.717) is 25.5 Å². The largest absolute Gasteiger partial charge is 0.494 e. The van der Waals surface area contributed by atoms with Crippen LogP contribution in [0.25, 0.3) is 16.7 Å². The molecule has 0 saturated carbocycles. The van der Waals surface area contributed by atoms with Crippen LogP contribution < -0.4 is 10.1 Å². The summed E-state index contributed by atoms with van der Waals surface area (Å²) >= 11 is 6.38. The maximum atomic E-state index is 14.0. The summed E-state index contributed by atoms with van der Waals surface area (Å²) in [7, 11) is 1.98. The molecule has 0 fully saturated rings. The summed E-state index contributed by atoms with van der Waals surface area (Å²) in [4.78, 5) is 18.9. The molecule has 6 nitrogen and oxygen atoms in total. The molecule has 1 unspecified atom stereocenters. The molecule has 7 heteroatoms. The number of nitrogens with zero attached hydrogens (tertiary/aromatic N) is 3.